The van der Waals surface area contributed by atoms with Crippen LogP contribution in [0.1, 0.15) is 49.3 Å². The number of aliphatic hydroxyl groups is 1. The number of methoxy groups -OCH3 is 1. The molecule has 1 N–H and O–H groups in total. The first-order valence-corrected chi connectivity index (χ1v) is 18.6. The summed E-state index contributed by atoms with van der Waals surface area (Å²) in [5.41, 5.74) is -1.05. The largest absolute Gasteiger partial charge is 0.573 e. The number of hydrogen-bond acceptors (Lipinski definition) is 9. The number of likely N-dealkylation sites (tertiary alicyclic amines) is 1. The molecule has 10 nitrogen and oxygen atoms in total. The Labute approximate surface area is 298 Å². The molecule has 0 bridgehead atoms. The molecule has 2 aliphatic rings. The van der Waals surface area contributed by atoms with Gasteiger partial charge in [-0.25, -0.2) is 12.7 Å². The van der Waals surface area contributed by atoms with Gasteiger partial charge in [0.2, 0.25) is 5.91 Å². The van der Waals surface area contributed by atoms with Crippen LogP contribution < -0.4 is 13.8 Å². The van der Waals surface area contributed by atoms with Gasteiger partial charge >= 0.3 is 6.36 Å². The summed E-state index contributed by atoms with van der Waals surface area (Å²) in [5, 5.41) is 11.2. The SMILES string of the molecule is CCC(C)c1ccc(SC)c(C2(N3C[C@H](O)C[C@H]3C(=O)N(C)C)C(=O)N(S(=O)(=O)c3ccc(OC)cc3OC(F)(F)F)c3ccc(Cl)cc32)c1. The molecule has 3 aromatic rings. The fraction of sp³-hybridized carbons (Fsp3) is 0.412. The third-order valence-electron chi connectivity index (χ3n) is 9.19. The van der Waals surface area contributed by atoms with Crippen LogP contribution in [0.2, 0.25) is 5.02 Å². The number of β-amino-alcohol motifs (C(OH)–C–C–N with tert-alkyl or cyclic N) is 1. The minimum Gasteiger partial charge on any atom is -0.497 e. The zero-order valence-electron chi connectivity index (χ0n) is 28.1. The topological polar surface area (TPSA) is 117 Å². The van der Waals surface area contributed by atoms with Gasteiger partial charge in [-0.3, -0.25) is 14.5 Å². The number of benzene rings is 3. The van der Waals surface area contributed by atoms with E-state index in [9.17, 15) is 31.5 Å². The van der Waals surface area contributed by atoms with E-state index in [2.05, 4.69) is 4.74 Å². The second kappa shape index (κ2) is 13.9. The second-order valence-corrected chi connectivity index (χ2v) is 15.4. The Hall–Kier alpha value is -3.50. The number of halogens is 4. The highest BCUT2D eigenvalue weighted by Gasteiger charge is 2.64. The van der Waals surface area contributed by atoms with Gasteiger partial charge in [0, 0.05) is 47.8 Å². The quantitative estimate of drug-likeness (QED) is 0.250. The molecular formula is C34H37ClF3N3O7S2. The molecule has 50 heavy (non-hydrogen) atoms. The number of thioether (sulfide) groups is 1. The molecule has 4 atom stereocenters. The van der Waals surface area contributed by atoms with Gasteiger partial charge < -0.3 is 19.5 Å². The fourth-order valence-corrected chi connectivity index (χ4v) is 9.04. The number of nitrogens with zero attached hydrogens (tertiary/aromatic N) is 3. The number of alkyl halides is 3. The van der Waals surface area contributed by atoms with Crippen LogP contribution in [0, 0.1) is 0 Å². The summed E-state index contributed by atoms with van der Waals surface area (Å²) in [6.45, 7) is 3.76. The van der Waals surface area contributed by atoms with E-state index in [-0.39, 0.29) is 40.9 Å². The van der Waals surface area contributed by atoms with Crippen LogP contribution >= 0.6 is 23.4 Å². The van der Waals surface area contributed by atoms with Crippen molar-refractivity contribution < 1.29 is 45.8 Å². The molecule has 2 unspecified atom stereocenters. The number of ether oxygens (including phenoxy) is 2. The lowest BCUT2D eigenvalue weighted by Gasteiger charge is -2.42. The van der Waals surface area contributed by atoms with Crippen LogP contribution in [-0.2, 0) is 25.2 Å². The molecular weight excluding hydrogens is 719 g/mol. The summed E-state index contributed by atoms with van der Waals surface area (Å²) >= 11 is 7.86. The smallest absolute Gasteiger partial charge is 0.497 e. The summed E-state index contributed by atoms with van der Waals surface area (Å²) in [7, 11) is -0.961. The van der Waals surface area contributed by atoms with Crippen molar-refractivity contribution in [3.05, 3.63) is 76.3 Å². The summed E-state index contributed by atoms with van der Waals surface area (Å²) in [6.07, 6.45) is -3.95. The second-order valence-electron chi connectivity index (χ2n) is 12.4. The minimum atomic E-state index is -5.30. The monoisotopic (exact) mass is 755 g/mol. The molecule has 3 aromatic carbocycles. The zero-order valence-corrected chi connectivity index (χ0v) is 30.5. The van der Waals surface area contributed by atoms with Gasteiger partial charge in [0.05, 0.1) is 24.9 Å². The number of hydrogen-bond donors (Lipinski definition) is 1. The third kappa shape index (κ3) is 6.42. The normalized spacial score (nSPS) is 21.7. The highest BCUT2D eigenvalue weighted by molar-refractivity contribution is 7.98. The molecule has 1 fully saturated rings. The van der Waals surface area contributed by atoms with Gasteiger partial charge in [0.1, 0.15) is 10.6 Å². The van der Waals surface area contributed by atoms with Gasteiger partial charge in [-0.1, -0.05) is 37.6 Å². The maximum atomic E-state index is 15.5. The van der Waals surface area contributed by atoms with E-state index in [0.717, 1.165) is 30.2 Å². The summed E-state index contributed by atoms with van der Waals surface area (Å²) in [6, 6.07) is 11.3. The van der Waals surface area contributed by atoms with Crippen molar-refractivity contribution in [1.29, 1.82) is 0 Å². The Kier molecular flexibility index (Phi) is 10.5. The van der Waals surface area contributed by atoms with Crippen molar-refractivity contribution in [2.24, 2.45) is 0 Å². The van der Waals surface area contributed by atoms with E-state index in [1.54, 1.807) is 12.3 Å². The number of carbonyl (C=O) groups is 2. The highest BCUT2D eigenvalue weighted by atomic mass is 35.5. The molecule has 0 saturated carbocycles. The van der Waals surface area contributed by atoms with E-state index >= 15 is 4.79 Å². The van der Waals surface area contributed by atoms with Crippen LogP contribution in [0.25, 0.3) is 0 Å². The number of sulfonamides is 1. The van der Waals surface area contributed by atoms with Crippen LogP contribution in [0.4, 0.5) is 18.9 Å². The summed E-state index contributed by atoms with van der Waals surface area (Å²) < 4.78 is 80.1. The maximum absolute atomic E-state index is 15.5. The predicted molar refractivity (Wildman–Crippen MR) is 183 cm³/mol. The van der Waals surface area contributed by atoms with Crippen molar-refractivity contribution in [3.63, 3.8) is 0 Å². The Bertz CT molecular complexity index is 1930. The molecule has 2 aliphatic heterocycles. The molecule has 16 heteroatoms. The van der Waals surface area contributed by atoms with E-state index in [0.29, 0.717) is 14.8 Å². The molecule has 5 rings (SSSR count). The highest BCUT2D eigenvalue weighted by Crippen LogP contribution is 2.55. The molecule has 0 spiro atoms. The number of carbonyl (C=O) groups excluding carboxylic acids is 2. The van der Waals surface area contributed by atoms with Crippen molar-refractivity contribution in [2.45, 2.75) is 66.4 Å². The van der Waals surface area contributed by atoms with E-state index in [1.807, 2.05) is 26.0 Å². The first-order chi connectivity index (χ1) is 23.4. The fourth-order valence-electron chi connectivity index (χ4n) is 6.68. The number of anilines is 1. The van der Waals surface area contributed by atoms with Crippen molar-refractivity contribution >= 4 is 50.9 Å². The average molecular weight is 756 g/mol. The van der Waals surface area contributed by atoms with Gasteiger partial charge in [0.25, 0.3) is 15.9 Å². The van der Waals surface area contributed by atoms with E-state index < -0.39 is 56.5 Å². The third-order valence-corrected chi connectivity index (χ3v) is 12.0. The maximum Gasteiger partial charge on any atom is 0.573 e. The molecule has 2 amide bonds. The summed E-state index contributed by atoms with van der Waals surface area (Å²) in [5.74, 6) is -2.77. The van der Waals surface area contributed by atoms with Gasteiger partial charge in [-0.05, 0) is 67.0 Å². The van der Waals surface area contributed by atoms with Crippen LogP contribution in [0.5, 0.6) is 11.5 Å². The molecule has 1 saturated heterocycles. The predicted octanol–water partition coefficient (Wildman–Crippen LogP) is 5.99. The van der Waals surface area contributed by atoms with Gasteiger partial charge in [0.15, 0.2) is 11.3 Å². The van der Waals surface area contributed by atoms with Crippen molar-refractivity contribution in [1.82, 2.24) is 9.80 Å². The lowest BCUT2D eigenvalue weighted by atomic mass is 9.79. The Morgan fingerprint density at radius 2 is 1.84 bits per heavy atom. The van der Waals surface area contributed by atoms with E-state index in [1.165, 1.54) is 61.0 Å². The Morgan fingerprint density at radius 3 is 2.44 bits per heavy atom. The zero-order chi connectivity index (χ0) is 36.9. The van der Waals surface area contributed by atoms with Crippen molar-refractivity contribution in [2.75, 3.05) is 38.3 Å². The summed E-state index contributed by atoms with van der Waals surface area (Å²) in [4.78, 5) is 31.8. The number of amides is 2. The Morgan fingerprint density at radius 1 is 1.14 bits per heavy atom. The van der Waals surface area contributed by atoms with Crippen LogP contribution in [0.15, 0.2) is 64.4 Å². The lowest BCUT2D eigenvalue weighted by Crippen LogP contribution is -2.59. The molecule has 0 aromatic heterocycles. The van der Waals surface area contributed by atoms with Gasteiger partial charge in [-0.2, -0.15) is 0 Å². The molecule has 0 radical (unpaired) electrons. The first kappa shape index (κ1) is 37.7. The average Bonchev–Trinajstić information content (AvgIpc) is 3.57. The number of likely N-dealkylation sites (N-methyl/N-ethyl adjacent to an activating group) is 1. The van der Waals surface area contributed by atoms with Crippen LogP contribution in [0.3, 0.4) is 0 Å². The number of rotatable bonds is 10. The Balaban J connectivity index is 1.90. The number of aliphatic hydroxyl groups excluding tert-OH is 1. The van der Waals surface area contributed by atoms with Crippen LogP contribution in [-0.4, -0.2) is 87.7 Å². The van der Waals surface area contributed by atoms with E-state index in [4.69, 9.17) is 16.3 Å². The molecule has 2 heterocycles. The standard InChI is InChI=1S/C34H37ClF3N3O7S2/c1-7-19(2)20-8-12-29(49-6)25(14-20)33(40-18-22(42)16-27(40)31(43)39(3)4)24-15-21(35)9-11-26(24)41(32(33)44)50(45,46)30-13-10-23(47-5)17-28(30)48-34(36,37)38/h8-15,17,19,22,27,42H,7,16,18H2,1-6H3/t19?,22-,27+,33?/m1/s1. The first-order valence-electron chi connectivity index (χ1n) is 15.6. The number of fused-ring (bicyclic) bond motifs is 1. The van der Waals surface area contributed by atoms with Crippen molar-refractivity contribution in [3.8, 4) is 11.5 Å². The molecule has 0 aliphatic carbocycles. The molecule has 270 valence electrons. The minimum absolute atomic E-state index is 0.00151. The lowest BCUT2D eigenvalue weighted by molar-refractivity contribution is -0.275. The van der Waals surface area contributed by atoms with Gasteiger partial charge in [-0.15, -0.1) is 24.9 Å².